The molecule has 1 fully saturated rings. The largest absolute Gasteiger partial charge is 0.507 e. The van der Waals surface area contributed by atoms with Crippen LogP contribution in [0.15, 0.2) is 60.7 Å². The van der Waals surface area contributed by atoms with Gasteiger partial charge >= 0.3 is 5.97 Å². The first kappa shape index (κ1) is 27.7. The van der Waals surface area contributed by atoms with E-state index >= 15 is 0 Å². The molecule has 5 rings (SSSR count). The Bertz CT molecular complexity index is 1380. The van der Waals surface area contributed by atoms with Gasteiger partial charge in [0, 0.05) is 29.8 Å². The highest BCUT2D eigenvalue weighted by atomic mass is 19.1. The van der Waals surface area contributed by atoms with E-state index in [0.717, 1.165) is 47.7 Å². The topological polar surface area (TPSA) is 68.2 Å². The molecule has 2 heterocycles. The first-order valence-electron chi connectivity index (χ1n) is 13.9. The van der Waals surface area contributed by atoms with Gasteiger partial charge in [-0.2, -0.15) is 0 Å². The number of ether oxygens (including phenoxy) is 3. The molecule has 3 aromatic carbocycles. The number of piperidine rings is 1. The molecule has 1 saturated heterocycles. The summed E-state index contributed by atoms with van der Waals surface area (Å²) in [4.78, 5) is 14.9. The van der Waals surface area contributed by atoms with Crippen LogP contribution in [0, 0.1) is 11.2 Å². The Kier molecular flexibility index (Phi) is 8.12. The number of phenolic OH excluding ortho intramolecular Hbond substituents is 1. The van der Waals surface area contributed by atoms with Crippen molar-refractivity contribution in [2.75, 3.05) is 32.8 Å². The average molecular weight is 546 g/mol. The second kappa shape index (κ2) is 11.7. The zero-order chi connectivity index (χ0) is 28.3. The second-order valence-corrected chi connectivity index (χ2v) is 11.4. The summed E-state index contributed by atoms with van der Waals surface area (Å²) in [5.41, 5.74) is 2.98. The molecule has 0 unspecified atom stereocenters. The van der Waals surface area contributed by atoms with Gasteiger partial charge in [-0.15, -0.1) is 0 Å². The Morgan fingerprint density at radius 2 is 1.62 bits per heavy atom. The number of carbonyl (C=O) groups is 1. The molecule has 2 aliphatic heterocycles. The van der Waals surface area contributed by atoms with Crippen LogP contribution in [0.4, 0.5) is 4.39 Å². The van der Waals surface area contributed by atoms with Crippen molar-refractivity contribution in [3.8, 4) is 23.0 Å². The van der Waals surface area contributed by atoms with Crippen LogP contribution in [0.1, 0.15) is 56.7 Å². The lowest BCUT2D eigenvalue weighted by Gasteiger charge is -2.27. The number of aromatic hydroxyl groups is 1. The molecule has 0 bridgehead atoms. The molecule has 0 spiro atoms. The van der Waals surface area contributed by atoms with Crippen molar-refractivity contribution in [1.29, 1.82) is 0 Å². The van der Waals surface area contributed by atoms with Crippen LogP contribution in [-0.4, -0.2) is 48.8 Å². The lowest BCUT2D eigenvalue weighted by molar-refractivity contribution is -0.143. The quantitative estimate of drug-likeness (QED) is 0.263. The van der Waals surface area contributed by atoms with E-state index in [1.165, 1.54) is 37.5 Å². The van der Waals surface area contributed by atoms with E-state index in [2.05, 4.69) is 4.90 Å². The van der Waals surface area contributed by atoms with Gasteiger partial charge in [-0.1, -0.05) is 30.7 Å². The van der Waals surface area contributed by atoms with Crippen molar-refractivity contribution in [3.63, 3.8) is 0 Å². The summed E-state index contributed by atoms with van der Waals surface area (Å²) in [5.74, 6) is 0.553. The molecule has 1 N–H and O–H groups in total. The van der Waals surface area contributed by atoms with Crippen LogP contribution in [-0.2, 0) is 4.79 Å². The Balaban J connectivity index is 1.46. The SMILES string of the molecule is CC(C)(C)C(=O)Oc1cc(O)c2c(c1)OCC(c1ccc(F)cc1)=C2c1ccc(OCCN2CCCCC2)cc1. The van der Waals surface area contributed by atoms with E-state index in [1.54, 1.807) is 39.0 Å². The number of benzene rings is 3. The van der Waals surface area contributed by atoms with Crippen LogP contribution in [0.5, 0.6) is 23.0 Å². The van der Waals surface area contributed by atoms with Crippen LogP contribution < -0.4 is 14.2 Å². The van der Waals surface area contributed by atoms with E-state index in [0.29, 0.717) is 17.9 Å². The third-order valence-electron chi connectivity index (χ3n) is 7.26. The number of likely N-dealkylation sites (tertiary alicyclic amines) is 1. The summed E-state index contributed by atoms with van der Waals surface area (Å²) in [6, 6.07) is 17.0. The third kappa shape index (κ3) is 6.31. The lowest BCUT2D eigenvalue weighted by Crippen LogP contribution is -2.33. The van der Waals surface area contributed by atoms with Crippen molar-refractivity contribution in [2.24, 2.45) is 5.41 Å². The third-order valence-corrected chi connectivity index (χ3v) is 7.26. The highest BCUT2D eigenvalue weighted by Gasteiger charge is 2.29. The van der Waals surface area contributed by atoms with E-state index in [-0.39, 0.29) is 23.9 Å². The number of phenols is 1. The fourth-order valence-corrected chi connectivity index (χ4v) is 5.02. The normalized spacial score (nSPS) is 15.8. The number of nitrogens with zero attached hydrogens (tertiary/aromatic N) is 1. The number of esters is 1. The molecule has 0 saturated carbocycles. The predicted molar refractivity (Wildman–Crippen MR) is 153 cm³/mol. The number of rotatable bonds is 7. The predicted octanol–water partition coefficient (Wildman–Crippen LogP) is 6.70. The number of hydrogen-bond donors (Lipinski definition) is 1. The highest BCUT2D eigenvalue weighted by Crippen LogP contribution is 2.47. The van der Waals surface area contributed by atoms with Gasteiger partial charge in [0.15, 0.2) is 0 Å². The van der Waals surface area contributed by atoms with Crippen molar-refractivity contribution in [3.05, 3.63) is 83.2 Å². The molecular formula is C33H36FNO5. The Labute approximate surface area is 235 Å². The van der Waals surface area contributed by atoms with Crippen LogP contribution in [0.2, 0.25) is 0 Å². The minimum absolute atomic E-state index is 0.0784. The van der Waals surface area contributed by atoms with Gasteiger partial charge < -0.3 is 19.3 Å². The van der Waals surface area contributed by atoms with Gasteiger partial charge in [0.2, 0.25) is 0 Å². The molecule has 7 heteroatoms. The molecule has 3 aromatic rings. The maximum atomic E-state index is 13.7. The van der Waals surface area contributed by atoms with Gasteiger partial charge in [0.1, 0.15) is 42.0 Å². The van der Waals surface area contributed by atoms with Gasteiger partial charge in [-0.3, -0.25) is 9.69 Å². The first-order chi connectivity index (χ1) is 19.2. The van der Waals surface area contributed by atoms with Crippen LogP contribution >= 0.6 is 0 Å². The Hall–Kier alpha value is -3.84. The van der Waals surface area contributed by atoms with Gasteiger partial charge in [-0.05, 0) is 82.1 Å². The monoisotopic (exact) mass is 545 g/mol. The fraction of sp³-hybridized carbons (Fsp3) is 0.364. The Morgan fingerprint density at radius 3 is 2.30 bits per heavy atom. The second-order valence-electron chi connectivity index (χ2n) is 11.4. The van der Waals surface area contributed by atoms with Crippen molar-refractivity contribution in [1.82, 2.24) is 4.90 Å². The Morgan fingerprint density at radius 1 is 0.950 bits per heavy atom. The molecular weight excluding hydrogens is 509 g/mol. The fourth-order valence-electron chi connectivity index (χ4n) is 5.02. The molecule has 2 aliphatic rings. The maximum absolute atomic E-state index is 13.7. The van der Waals surface area contributed by atoms with Crippen molar-refractivity contribution >= 4 is 17.1 Å². The van der Waals surface area contributed by atoms with Crippen molar-refractivity contribution < 1.29 is 28.5 Å². The summed E-state index contributed by atoms with van der Waals surface area (Å²) >= 11 is 0. The number of hydrogen-bond acceptors (Lipinski definition) is 6. The average Bonchev–Trinajstić information content (AvgIpc) is 2.93. The molecule has 0 aliphatic carbocycles. The summed E-state index contributed by atoms with van der Waals surface area (Å²) in [6.07, 6.45) is 3.80. The molecule has 40 heavy (non-hydrogen) atoms. The zero-order valence-corrected chi connectivity index (χ0v) is 23.3. The molecule has 0 aromatic heterocycles. The van der Waals surface area contributed by atoms with Crippen LogP contribution in [0.25, 0.3) is 11.1 Å². The highest BCUT2D eigenvalue weighted by molar-refractivity contribution is 6.03. The van der Waals surface area contributed by atoms with E-state index in [4.69, 9.17) is 14.2 Å². The standard InChI is InChI=1S/C33H36FNO5/c1-33(2,3)32(37)40-26-19-28(36)31-29(20-26)39-21-27(22-7-11-24(34)12-8-22)30(31)23-9-13-25(14-10-23)38-18-17-35-15-5-4-6-16-35/h7-14,19-20,36H,4-6,15-18,21H2,1-3H3. The van der Waals surface area contributed by atoms with E-state index in [1.807, 2.05) is 24.3 Å². The maximum Gasteiger partial charge on any atom is 0.316 e. The molecule has 6 nitrogen and oxygen atoms in total. The smallest absolute Gasteiger partial charge is 0.316 e. The minimum atomic E-state index is -0.704. The number of carbonyl (C=O) groups excluding carboxylic acids is 1. The molecule has 210 valence electrons. The summed E-state index contributed by atoms with van der Waals surface area (Å²) < 4.78 is 31.4. The molecule has 0 atom stereocenters. The van der Waals surface area contributed by atoms with Crippen molar-refractivity contribution in [2.45, 2.75) is 40.0 Å². The summed E-state index contributed by atoms with van der Waals surface area (Å²) in [7, 11) is 0. The van der Waals surface area contributed by atoms with E-state index in [9.17, 15) is 14.3 Å². The lowest BCUT2D eigenvalue weighted by atomic mass is 9.87. The zero-order valence-electron chi connectivity index (χ0n) is 23.3. The van der Waals surface area contributed by atoms with Gasteiger partial charge in [0.25, 0.3) is 0 Å². The molecule has 0 amide bonds. The van der Waals surface area contributed by atoms with Crippen LogP contribution in [0.3, 0.4) is 0 Å². The number of fused-ring (bicyclic) bond motifs is 1. The number of halogens is 1. The minimum Gasteiger partial charge on any atom is -0.507 e. The summed E-state index contributed by atoms with van der Waals surface area (Å²) in [6.45, 7) is 9.27. The first-order valence-corrected chi connectivity index (χ1v) is 13.9. The van der Waals surface area contributed by atoms with Gasteiger partial charge in [-0.25, -0.2) is 4.39 Å². The molecule has 0 radical (unpaired) electrons. The van der Waals surface area contributed by atoms with E-state index < -0.39 is 11.4 Å². The summed E-state index contributed by atoms with van der Waals surface area (Å²) in [5, 5.41) is 11.2. The van der Waals surface area contributed by atoms with Gasteiger partial charge in [0.05, 0.1) is 11.0 Å².